The Morgan fingerprint density at radius 2 is 1.86 bits per heavy atom. The Morgan fingerprint density at radius 3 is 2.57 bits per heavy atom. The minimum Gasteiger partial charge on any atom is -0.396 e. The summed E-state index contributed by atoms with van der Waals surface area (Å²) in [5.41, 5.74) is 6.78. The summed E-state index contributed by atoms with van der Waals surface area (Å²) in [5.74, 6) is -0.622. The first-order chi connectivity index (χ1) is 19.8. The van der Waals surface area contributed by atoms with Crippen LogP contribution in [0.15, 0.2) is 65.6 Å². The Balaban J connectivity index is 0.00000405. The standard InChI is InChI=1S/C29H30ClN7O4.ClH/c30-22-7-6-18(26(39)33-23(10-13-38)17-4-2-1-3-5-17)15-24(22)34-27(40)21-14-19-16-32-29(36-25(19)35-28(21)41)37-11-8-20(31)9-12-37;/h1-7,14-16,20,23,38H,8-13,31H2,(H,33,39)(H,34,40)(H,32,35,36,41);1H. The van der Waals surface area contributed by atoms with Crippen molar-refractivity contribution >= 4 is 58.5 Å². The highest BCUT2D eigenvalue weighted by molar-refractivity contribution is 6.34. The van der Waals surface area contributed by atoms with Gasteiger partial charge in [0.1, 0.15) is 11.2 Å². The molecule has 1 aliphatic rings. The average Bonchev–Trinajstić information content (AvgIpc) is 2.98. The number of aromatic nitrogens is 3. The first kappa shape index (κ1) is 30.9. The van der Waals surface area contributed by atoms with Crippen LogP contribution in [0.4, 0.5) is 11.6 Å². The van der Waals surface area contributed by atoms with Gasteiger partial charge in [-0.15, -0.1) is 12.4 Å². The van der Waals surface area contributed by atoms with Gasteiger partial charge in [-0.1, -0.05) is 41.9 Å². The molecule has 1 aliphatic heterocycles. The summed E-state index contributed by atoms with van der Waals surface area (Å²) in [7, 11) is 0. The molecule has 0 spiro atoms. The zero-order chi connectivity index (χ0) is 28.9. The van der Waals surface area contributed by atoms with Crippen LogP contribution in [0.25, 0.3) is 11.0 Å². The van der Waals surface area contributed by atoms with Gasteiger partial charge in [-0.3, -0.25) is 14.4 Å². The number of halogens is 2. The van der Waals surface area contributed by atoms with Crippen molar-refractivity contribution in [3.63, 3.8) is 0 Å². The van der Waals surface area contributed by atoms with Crippen molar-refractivity contribution in [1.82, 2.24) is 20.3 Å². The van der Waals surface area contributed by atoms with Gasteiger partial charge in [0, 0.05) is 42.9 Å². The molecule has 1 unspecified atom stereocenters. The largest absolute Gasteiger partial charge is 0.396 e. The lowest BCUT2D eigenvalue weighted by Crippen LogP contribution is -2.40. The fourth-order valence-corrected chi connectivity index (χ4v) is 4.90. The Kier molecular flexibility index (Phi) is 10.1. The van der Waals surface area contributed by atoms with E-state index in [9.17, 15) is 19.5 Å². The summed E-state index contributed by atoms with van der Waals surface area (Å²) in [6, 6.07) is 14.9. The number of aliphatic hydroxyl groups is 1. The van der Waals surface area contributed by atoms with E-state index in [1.54, 1.807) is 6.20 Å². The van der Waals surface area contributed by atoms with Crippen molar-refractivity contribution in [3.05, 3.63) is 92.9 Å². The van der Waals surface area contributed by atoms with E-state index >= 15 is 0 Å². The van der Waals surface area contributed by atoms with Gasteiger partial charge < -0.3 is 31.4 Å². The molecule has 4 aromatic rings. The molecule has 11 nitrogen and oxygen atoms in total. The molecule has 0 saturated carbocycles. The van der Waals surface area contributed by atoms with E-state index in [4.69, 9.17) is 17.3 Å². The molecule has 0 bridgehead atoms. The number of H-pyrrole nitrogens is 1. The number of carbonyl (C=O) groups excluding carboxylic acids is 2. The maximum atomic E-state index is 13.1. The van der Waals surface area contributed by atoms with E-state index in [1.807, 2.05) is 35.2 Å². The Labute approximate surface area is 252 Å². The second-order valence-electron chi connectivity index (χ2n) is 9.91. The fraction of sp³-hybridized carbons (Fsp3) is 0.276. The van der Waals surface area contributed by atoms with Gasteiger partial charge in [-0.25, -0.2) is 4.98 Å². The molecule has 0 aliphatic carbocycles. The molecule has 2 amide bonds. The predicted molar refractivity (Wildman–Crippen MR) is 165 cm³/mol. The molecule has 42 heavy (non-hydrogen) atoms. The van der Waals surface area contributed by atoms with Crippen LogP contribution in [-0.2, 0) is 0 Å². The van der Waals surface area contributed by atoms with E-state index in [1.165, 1.54) is 24.3 Å². The smallest absolute Gasteiger partial charge is 0.262 e. The van der Waals surface area contributed by atoms with Crippen LogP contribution < -0.4 is 26.8 Å². The number of benzene rings is 2. The van der Waals surface area contributed by atoms with Crippen LogP contribution in [0, 0.1) is 0 Å². The number of nitrogens with one attached hydrogen (secondary N) is 3. The SMILES string of the molecule is Cl.NC1CCN(c2ncc3cc(C(=O)Nc4cc(C(=O)NC(CCO)c5ccccc5)ccc4Cl)c(=O)[nH]c3n2)CC1. The number of rotatable bonds is 8. The van der Waals surface area contributed by atoms with Crippen LogP contribution in [0.5, 0.6) is 0 Å². The van der Waals surface area contributed by atoms with Gasteiger partial charge >= 0.3 is 0 Å². The summed E-state index contributed by atoms with van der Waals surface area (Å²) in [5, 5.41) is 15.7. The second kappa shape index (κ2) is 13.8. The number of aliphatic hydroxyl groups excluding tert-OH is 1. The lowest BCUT2D eigenvalue weighted by Gasteiger charge is -2.30. The van der Waals surface area contributed by atoms with Gasteiger partial charge in [0.05, 0.1) is 16.8 Å². The van der Waals surface area contributed by atoms with E-state index in [2.05, 4.69) is 25.6 Å². The number of fused-ring (bicyclic) bond motifs is 1. The monoisotopic (exact) mass is 611 g/mol. The zero-order valence-electron chi connectivity index (χ0n) is 22.5. The number of anilines is 2. The van der Waals surface area contributed by atoms with E-state index in [0.29, 0.717) is 23.4 Å². The number of nitrogens with two attached hydrogens (primary N) is 1. The van der Waals surface area contributed by atoms with Gasteiger partial charge in [0.2, 0.25) is 5.95 Å². The Hall–Kier alpha value is -4.03. The summed E-state index contributed by atoms with van der Waals surface area (Å²) in [4.78, 5) is 52.6. The molecule has 1 saturated heterocycles. The fourth-order valence-electron chi connectivity index (χ4n) is 4.73. The lowest BCUT2D eigenvalue weighted by atomic mass is 10.0. The van der Waals surface area contributed by atoms with Crippen molar-refractivity contribution in [3.8, 4) is 0 Å². The number of amides is 2. The zero-order valence-corrected chi connectivity index (χ0v) is 24.1. The summed E-state index contributed by atoms with van der Waals surface area (Å²) < 4.78 is 0. The van der Waals surface area contributed by atoms with Crippen LogP contribution in [0.3, 0.4) is 0 Å². The third kappa shape index (κ3) is 7.05. The normalized spacial score (nSPS) is 14.2. The topological polar surface area (TPSA) is 166 Å². The summed E-state index contributed by atoms with van der Waals surface area (Å²) >= 11 is 6.32. The van der Waals surface area contributed by atoms with Gasteiger partial charge in [0.25, 0.3) is 17.4 Å². The number of hydrogen-bond acceptors (Lipinski definition) is 8. The first-order valence-electron chi connectivity index (χ1n) is 13.3. The van der Waals surface area contributed by atoms with Gasteiger partial charge in [-0.2, -0.15) is 4.98 Å². The minimum atomic E-state index is -0.704. The number of aromatic amines is 1. The molecular weight excluding hydrogens is 581 g/mol. The molecule has 2 aromatic carbocycles. The molecule has 3 heterocycles. The molecule has 1 fully saturated rings. The van der Waals surface area contributed by atoms with Crippen LogP contribution in [0.1, 0.15) is 51.6 Å². The molecule has 1 atom stereocenters. The summed E-state index contributed by atoms with van der Waals surface area (Å²) in [6.45, 7) is 1.34. The Morgan fingerprint density at radius 1 is 1.12 bits per heavy atom. The van der Waals surface area contributed by atoms with Crippen molar-refractivity contribution in [2.75, 3.05) is 29.9 Å². The number of hydrogen-bond donors (Lipinski definition) is 5. The molecule has 6 N–H and O–H groups in total. The molecular formula is C29H31Cl2N7O4. The van der Waals surface area contributed by atoms with Crippen molar-refractivity contribution in [2.24, 2.45) is 5.73 Å². The van der Waals surface area contributed by atoms with Crippen molar-refractivity contribution in [2.45, 2.75) is 31.3 Å². The van der Waals surface area contributed by atoms with E-state index in [-0.39, 0.29) is 46.9 Å². The second-order valence-corrected chi connectivity index (χ2v) is 10.3. The maximum absolute atomic E-state index is 13.1. The van der Waals surface area contributed by atoms with Crippen LogP contribution in [0.2, 0.25) is 5.02 Å². The molecule has 220 valence electrons. The molecule has 5 rings (SSSR count). The molecule has 0 radical (unpaired) electrons. The highest BCUT2D eigenvalue weighted by atomic mass is 35.5. The van der Waals surface area contributed by atoms with Crippen LogP contribution in [-0.4, -0.2) is 57.6 Å². The molecule has 2 aromatic heterocycles. The predicted octanol–water partition coefficient (Wildman–Crippen LogP) is 3.43. The number of nitrogens with zero attached hydrogens (tertiary/aromatic N) is 3. The van der Waals surface area contributed by atoms with E-state index < -0.39 is 23.4 Å². The third-order valence-electron chi connectivity index (χ3n) is 7.05. The number of piperidine rings is 1. The third-order valence-corrected chi connectivity index (χ3v) is 7.38. The maximum Gasteiger partial charge on any atom is 0.262 e. The number of carbonyl (C=O) groups is 2. The van der Waals surface area contributed by atoms with Crippen molar-refractivity contribution in [1.29, 1.82) is 0 Å². The van der Waals surface area contributed by atoms with E-state index in [0.717, 1.165) is 31.5 Å². The molecule has 13 heteroatoms. The lowest BCUT2D eigenvalue weighted by molar-refractivity contribution is 0.0928. The first-order valence-corrected chi connectivity index (χ1v) is 13.7. The quantitative estimate of drug-likeness (QED) is 0.202. The van der Waals surface area contributed by atoms with Gasteiger partial charge in [-0.05, 0) is 49.1 Å². The average molecular weight is 613 g/mol. The highest BCUT2D eigenvalue weighted by Crippen LogP contribution is 2.25. The number of pyridine rings is 1. The Bertz CT molecular complexity index is 1630. The van der Waals surface area contributed by atoms with Gasteiger partial charge in [0.15, 0.2) is 0 Å². The van der Waals surface area contributed by atoms with Crippen molar-refractivity contribution < 1.29 is 14.7 Å². The minimum absolute atomic E-state index is 0. The highest BCUT2D eigenvalue weighted by Gasteiger charge is 2.21. The summed E-state index contributed by atoms with van der Waals surface area (Å²) in [6.07, 6.45) is 3.55. The van der Waals surface area contributed by atoms with Crippen LogP contribution >= 0.6 is 24.0 Å².